The van der Waals surface area contributed by atoms with Crippen LogP contribution in [0.3, 0.4) is 0 Å². The Morgan fingerprint density at radius 3 is 2.31 bits per heavy atom. The molecule has 2 N–H and O–H groups in total. The molecule has 0 spiro atoms. The van der Waals surface area contributed by atoms with Gasteiger partial charge in [0.15, 0.2) is 5.76 Å². The molecule has 0 saturated heterocycles. The van der Waals surface area contributed by atoms with Gasteiger partial charge >= 0.3 is 0 Å². The Morgan fingerprint density at radius 1 is 1.06 bits per heavy atom. The van der Waals surface area contributed by atoms with Crippen molar-refractivity contribution in [1.82, 2.24) is 4.98 Å². The number of furan rings is 1. The average Bonchev–Trinajstić information content (AvgIpc) is 3.14. The zero-order valence-electron chi connectivity index (χ0n) is 19.9. The Hall–Kier alpha value is -2.71. The van der Waals surface area contributed by atoms with Crippen LogP contribution in [0, 0.1) is 5.41 Å². The quantitative estimate of drug-likeness (QED) is 0.232. The molecule has 0 fully saturated rings. The van der Waals surface area contributed by atoms with Gasteiger partial charge in [0.1, 0.15) is 11.8 Å². The number of aliphatic hydroxyl groups excluding tert-OH is 1. The van der Waals surface area contributed by atoms with Crippen LogP contribution in [0.2, 0.25) is 10.0 Å². The second-order valence-electron chi connectivity index (χ2n) is 9.42. The third-order valence-corrected chi connectivity index (χ3v) is 6.60. The molecule has 0 aliphatic heterocycles. The number of nitrogens with one attached hydrogen (secondary N) is 1. The van der Waals surface area contributed by atoms with Crippen LogP contribution < -0.4 is 5.32 Å². The van der Waals surface area contributed by atoms with Crippen molar-refractivity contribution in [2.24, 2.45) is 5.41 Å². The number of hydrogen-bond acceptors (Lipinski definition) is 5. The summed E-state index contributed by atoms with van der Waals surface area (Å²) < 4.78 is 6.78. The highest BCUT2D eigenvalue weighted by molar-refractivity contribution is 9.10. The summed E-state index contributed by atoms with van der Waals surface area (Å²) in [6.45, 7) is 6.60. The van der Waals surface area contributed by atoms with Crippen molar-refractivity contribution >= 4 is 67.6 Å². The van der Waals surface area contributed by atoms with Gasteiger partial charge in [0.2, 0.25) is 11.5 Å². The Kier molecular flexibility index (Phi) is 7.30. The van der Waals surface area contributed by atoms with Gasteiger partial charge < -0.3 is 14.8 Å². The fourth-order valence-electron chi connectivity index (χ4n) is 3.61. The molecule has 2 aromatic carbocycles. The van der Waals surface area contributed by atoms with Crippen LogP contribution in [0.1, 0.15) is 38.2 Å². The van der Waals surface area contributed by atoms with Crippen molar-refractivity contribution in [3.8, 4) is 22.4 Å². The van der Waals surface area contributed by atoms with Crippen molar-refractivity contribution in [3.63, 3.8) is 0 Å². The fraction of sp³-hybridized carbons (Fsp3) is 0.222. The highest BCUT2D eigenvalue weighted by Gasteiger charge is 2.32. The van der Waals surface area contributed by atoms with Gasteiger partial charge in [0.05, 0.1) is 16.1 Å². The standard InChI is InChI=1S/C27H23BrCl2N2O4/c1-13(33)25(35)31-22-19-12-18(14-5-8-16(29)9-6-14)21(17-10-7-15(28)11-20(17)30)32-26(19)36-23(22)24(34)27(2,3)4/h5-13,33H,1-4H3,(H,31,35)/t13-/m0/s1. The van der Waals surface area contributed by atoms with Crippen LogP contribution in [0.4, 0.5) is 5.69 Å². The van der Waals surface area contributed by atoms with Crippen molar-refractivity contribution in [2.45, 2.75) is 33.8 Å². The van der Waals surface area contributed by atoms with Crippen LogP contribution in [0.25, 0.3) is 33.5 Å². The van der Waals surface area contributed by atoms with Crippen LogP contribution in [-0.4, -0.2) is 27.9 Å². The number of carbonyl (C=O) groups is 2. The summed E-state index contributed by atoms with van der Waals surface area (Å²) in [4.78, 5) is 30.5. The van der Waals surface area contributed by atoms with Crippen LogP contribution in [-0.2, 0) is 4.79 Å². The van der Waals surface area contributed by atoms with E-state index in [0.29, 0.717) is 32.3 Å². The van der Waals surface area contributed by atoms with Gasteiger partial charge in [-0.2, -0.15) is 0 Å². The third-order valence-electron chi connectivity index (χ3n) is 5.54. The summed E-state index contributed by atoms with van der Waals surface area (Å²) in [5.41, 5.74) is 2.17. The SMILES string of the molecule is C[C@H](O)C(=O)Nc1c(C(=O)C(C)(C)C)oc2nc(-c3ccc(Br)cc3Cl)c(-c3ccc(Cl)cc3)cc12. The maximum atomic E-state index is 13.3. The van der Waals surface area contributed by atoms with Crippen molar-refractivity contribution in [3.05, 3.63) is 68.8 Å². The topological polar surface area (TPSA) is 92.4 Å². The molecule has 36 heavy (non-hydrogen) atoms. The minimum atomic E-state index is -1.29. The number of halogens is 3. The van der Waals surface area contributed by atoms with E-state index in [1.54, 1.807) is 45.0 Å². The largest absolute Gasteiger partial charge is 0.432 e. The molecule has 186 valence electrons. The number of fused-ring (bicyclic) bond motifs is 1. The molecule has 0 aliphatic carbocycles. The van der Waals surface area contributed by atoms with E-state index in [9.17, 15) is 14.7 Å². The van der Waals surface area contributed by atoms with Gasteiger partial charge in [-0.25, -0.2) is 4.98 Å². The summed E-state index contributed by atoms with van der Waals surface area (Å²) >= 11 is 16.1. The molecule has 2 heterocycles. The Balaban J connectivity index is 2.07. The van der Waals surface area contributed by atoms with Crippen LogP contribution in [0.15, 0.2) is 57.4 Å². The smallest absolute Gasteiger partial charge is 0.253 e. The van der Waals surface area contributed by atoms with E-state index in [1.165, 1.54) is 6.92 Å². The minimum absolute atomic E-state index is 0.0416. The highest BCUT2D eigenvalue weighted by atomic mass is 79.9. The van der Waals surface area contributed by atoms with Crippen molar-refractivity contribution in [2.75, 3.05) is 5.32 Å². The zero-order valence-corrected chi connectivity index (χ0v) is 23.0. The molecule has 0 bridgehead atoms. The Morgan fingerprint density at radius 2 is 1.72 bits per heavy atom. The Bertz CT molecular complexity index is 1490. The molecule has 1 atom stereocenters. The number of aromatic nitrogens is 1. The molecule has 2 aromatic heterocycles. The summed E-state index contributed by atoms with van der Waals surface area (Å²) in [5, 5.41) is 13.9. The zero-order chi connectivity index (χ0) is 26.4. The average molecular weight is 590 g/mol. The summed E-state index contributed by atoms with van der Waals surface area (Å²) in [7, 11) is 0. The van der Waals surface area contributed by atoms with E-state index in [4.69, 9.17) is 32.6 Å². The van der Waals surface area contributed by atoms with Crippen LogP contribution in [0.5, 0.6) is 0 Å². The maximum Gasteiger partial charge on any atom is 0.253 e. The van der Waals surface area contributed by atoms with Gasteiger partial charge in [-0.05, 0) is 42.8 Å². The number of carbonyl (C=O) groups excluding carboxylic acids is 2. The molecule has 1 amide bonds. The number of aliphatic hydroxyl groups is 1. The highest BCUT2D eigenvalue weighted by Crippen LogP contribution is 2.42. The molecule has 4 rings (SSSR count). The van der Waals surface area contributed by atoms with Crippen molar-refractivity contribution in [1.29, 1.82) is 0 Å². The lowest BCUT2D eigenvalue weighted by Crippen LogP contribution is -2.26. The van der Waals surface area contributed by atoms with Gasteiger partial charge in [-0.1, -0.05) is 78.1 Å². The number of Topliss-reactive ketones (excluding diaryl/α,β-unsaturated/α-hetero) is 1. The molecule has 9 heteroatoms. The second-order valence-corrected chi connectivity index (χ2v) is 11.2. The first kappa shape index (κ1) is 26.4. The lowest BCUT2D eigenvalue weighted by Gasteiger charge is -2.16. The number of amides is 1. The van der Waals surface area contributed by atoms with E-state index < -0.39 is 17.4 Å². The molecule has 0 radical (unpaired) electrons. The number of benzene rings is 2. The number of pyridine rings is 1. The van der Waals surface area contributed by atoms with Crippen LogP contribution >= 0.6 is 39.1 Å². The number of hydrogen-bond donors (Lipinski definition) is 2. The normalized spacial score (nSPS) is 12.6. The number of nitrogens with zero attached hydrogens (tertiary/aromatic N) is 1. The number of ketones is 1. The first-order chi connectivity index (χ1) is 16.9. The molecular formula is C27H23BrCl2N2O4. The fourth-order valence-corrected chi connectivity index (χ4v) is 4.50. The second kappa shape index (κ2) is 9.98. The summed E-state index contributed by atoms with van der Waals surface area (Å²) in [6.07, 6.45) is -1.29. The van der Waals surface area contributed by atoms with E-state index in [2.05, 4.69) is 21.2 Å². The first-order valence-electron chi connectivity index (χ1n) is 11.1. The molecule has 6 nitrogen and oxygen atoms in total. The molecule has 0 aliphatic rings. The molecule has 0 saturated carbocycles. The lowest BCUT2D eigenvalue weighted by molar-refractivity contribution is -0.123. The Labute approximate surface area is 226 Å². The predicted molar refractivity (Wildman–Crippen MR) is 147 cm³/mol. The van der Waals surface area contributed by atoms with Crippen molar-refractivity contribution < 1.29 is 19.1 Å². The lowest BCUT2D eigenvalue weighted by atomic mass is 9.88. The molecular weight excluding hydrogens is 567 g/mol. The predicted octanol–water partition coefficient (Wildman–Crippen LogP) is 7.78. The summed E-state index contributed by atoms with van der Waals surface area (Å²) in [5.74, 6) is -1.04. The third kappa shape index (κ3) is 5.20. The molecule has 4 aromatic rings. The van der Waals surface area contributed by atoms with E-state index in [-0.39, 0.29) is 22.9 Å². The minimum Gasteiger partial charge on any atom is -0.432 e. The number of rotatable bonds is 5. The maximum absolute atomic E-state index is 13.3. The summed E-state index contributed by atoms with van der Waals surface area (Å²) in [6, 6.07) is 14.4. The van der Waals surface area contributed by atoms with Gasteiger partial charge in [0.25, 0.3) is 5.91 Å². The van der Waals surface area contributed by atoms with Gasteiger partial charge in [0, 0.05) is 26.0 Å². The monoisotopic (exact) mass is 588 g/mol. The van der Waals surface area contributed by atoms with Gasteiger partial charge in [-0.15, -0.1) is 0 Å². The molecule has 0 unspecified atom stereocenters. The van der Waals surface area contributed by atoms with Gasteiger partial charge in [-0.3, -0.25) is 9.59 Å². The number of anilines is 1. The van der Waals surface area contributed by atoms with E-state index in [0.717, 1.165) is 10.0 Å². The van der Waals surface area contributed by atoms with E-state index in [1.807, 2.05) is 24.3 Å². The first-order valence-corrected chi connectivity index (χ1v) is 12.6. The van der Waals surface area contributed by atoms with E-state index >= 15 is 0 Å².